The Morgan fingerprint density at radius 2 is 2.00 bits per heavy atom. The van der Waals surface area contributed by atoms with Crippen molar-refractivity contribution in [3.8, 4) is 5.75 Å². The number of hydrogen-bond acceptors (Lipinski definition) is 3. The summed E-state index contributed by atoms with van der Waals surface area (Å²) in [5.41, 5.74) is 1.46. The minimum Gasteiger partial charge on any atom is -0.496 e. The predicted molar refractivity (Wildman–Crippen MR) is 82.7 cm³/mol. The van der Waals surface area contributed by atoms with Crippen LogP contribution in [0.4, 0.5) is 0 Å². The molecule has 0 N–H and O–H groups in total. The fourth-order valence-corrected chi connectivity index (χ4v) is 2.21. The van der Waals surface area contributed by atoms with Crippen molar-refractivity contribution in [1.82, 2.24) is 9.88 Å². The largest absolute Gasteiger partial charge is 0.496 e. The van der Waals surface area contributed by atoms with Crippen molar-refractivity contribution in [3.05, 3.63) is 58.9 Å². The Labute approximate surface area is 129 Å². The fourth-order valence-electron chi connectivity index (χ4n) is 2.10. The van der Waals surface area contributed by atoms with Gasteiger partial charge in [-0.05, 0) is 25.1 Å². The quantitative estimate of drug-likeness (QED) is 0.811. The number of rotatable bonds is 4. The normalized spacial score (nSPS) is 11.8. The first-order valence-electron chi connectivity index (χ1n) is 6.56. The third-order valence-electron chi connectivity index (χ3n) is 3.46. The highest BCUT2D eigenvalue weighted by Gasteiger charge is 2.21. The fraction of sp³-hybridized carbons (Fsp3) is 0.250. The Hall–Kier alpha value is -2.07. The third-order valence-corrected chi connectivity index (χ3v) is 3.69. The van der Waals surface area contributed by atoms with Gasteiger partial charge in [0, 0.05) is 18.8 Å². The van der Waals surface area contributed by atoms with Crippen LogP contribution >= 0.6 is 11.6 Å². The zero-order chi connectivity index (χ0) is 15.4. The van der Waals surface area contributed by atoms with Gasteiger partial charge in [0.05, 0.1) is 18.7 Å². The summed E-state index contributed by atoms with van der Waals surface area (Å²) in [6.45, 7) is 1.96. The smallest absolute Gasteiger partial charge is 0.255 e. The average Bonchev–Trinajstić information content (AvgIpc) is 2.53. The van der Waals surface area contributed by atoms with E-state index >= 15 is 0 Å². The molecule has 0 bridgehead atoms. The molecule has 1 atom stereocenters. The van der Waals surface area contributed by atoms with E-state index in [-0.39, 0.29) is 11.9 Å². The summed E-state index contributed by atoms with van der Waals surface area (Å²) in [5, 5.41) is 0.368. The number of aromatic nitrogens is 1. The molecule has 1 unspecified atom stereocenters. The molecule has 1 amide bonds. The molecular formula is C16H17ClN2O2. The summed E-state index contributed by atoms with van der Waals surface area (Å²) in [6.07, 6.45) is 1.48. The Balaban J connectivity index is 2.24. The highest BCUT2D eigenvalue weighted by atomic mass is 35.5. The molecule has 0 aliphatic carbocycles. The van der Waals surface area contributed by atoms with Gasteiger partial charge in [-0.2, -0.15) is 0 Å². The van der Waals surface area contributed by atoms with Gasteiger partial charge in [-0.1, -0.05) is 29.8 Å². The van der Waals surface area contributed by atoms with Crippen LogP contribution in [0.25, 0.3) is 0 Å². The van der Waals surface area contributed by atoms with Crippen LogP contribution in [-0.4, -0.2) is 29.9 Å². The lowest BCUT2D eigenvalue weighted by atomic mass is 10.1. The second kappa shape index (κ2) is 6.59. The number of carbonyl (C=O) groups is 1. The molecule has 0 aliphatic heterocycles. The molecule has 2 rings (SSSR count). The second-order valence-corrected chi connectivity index (χ2v) is 5.09. The number of benzene rings is 1. The first kappa shape index (κ1) is 15.3. The third kappa shape index (κ3) is 3.34. The van der Waals surface area contributed by atoms with E-state index in [1.54, 1.807) is 31.2 Å². The summed E-state index contributed by atoms with van der Waals surface area (Å²) in [7, 11) is 3.38. The van der Waals surface area contributed by atoms with Gasteiger partial charge in [0.25, 0.3) is 5.91 Å². The molecule has 0 aliphatic rings. The molecule has 21 heavy (non-hydrogen) atoms. The van der Waals surface area contributed by atoms with E-state index in [9.17, 15) is 4.79 Å². The summed E-state index contributed by atoms with van der Waals surface area (Å²) in [4.78, 5) is 18.1. The Morgan fingerprint density at radius 1 is 1.29 bits per heavy atom. The maximum Gasteiger partial charge on any atom is 0.255 e. The number of ether oxygens (including phenoxy) is 1. The van der Waals surface area contributed by atoms with Crippen molar-refractivity contribution in [3.63, 3.8) is 0 Å². The van der Waals surface area contributed by atoms with E-state index in [0.29, 0.717) is 10.7 Å². The summed E-state index contributed by atoms with van der Waals surface area (Å²) >= 11 is 5.74. The zero-order valence-electron chi connectivity index (χ0n) is 12.2. The lowest BCUT2D eigenvalue weighted by Crippen LogP contribution is -2.30. The van der Waals surface area contributed by atoms with Gasteiger partial charge < -0.3 is 9.64 Å². The predicted octanol–water partition coefficient (Wildman–Crippen LogP) is 3.58. The molecule has 4 nitrogen and oxygen atoms in total. The molecule has 0 saturated carbocycles. The van der Waals surface area contributed by atoms with Crippen LogP contribution in [0, 0.1) is 0 Å². The molecule has 0 spiro atoms. The minimum atomic E-state index is -0.121. The second-order valence-electron chi connectivity index (χ2n) is 4.70. The summed E-state index contributed by atoms with van der Waals surface area (Å²) in [6, 6.07) is 10.8. The number of nitrogens with zero attached hydrogens (tertiary/aromatic N) is 2. The molecule has 2 aromatic rings. The molecular weight excluding hydrogens is 288 g/mol. The number of pyridine rings is 1. The first-order valence-corrected chi connectivity index (χ1v) is 6.94. The number of methoxy groups -OCH3 is 1. The van der Waals surface area contributed by atoms with Crippen molar-refractivity contribution in [2.45, 2.75) is 13.0 Å². The lowest BCUT2D eigenvalue weighted by Gasteiger charge is -2.26. The standard InChI is InChI=1S/C16H17ClN2O2/c1-11(13-6-4-5-7-14(13)21-3)19(2)16(20)12-8-9-15(17)18-10-12/h4-11H,1-3H3. The molecule has 5 heteroatoms. The van der Waals surface area contributed by atoms with Crippen molar-refractivity contribution >= 4 is 17.5 Å². The molecule has 1 heterocycles. The van der Waals surface area contributed by atoms with Crippen LogP contribution in [0.2, 0.25) is 5.15 Å². The maximum absolute atomic E-state index is 12.5. The van der Waals surface area contributed by atoms with E-state index in [2.05, 4.69) is 4.98 Å². The molecule has 0 radical (unpaired) electrons. The highest BCUT2D eigenvalue weighted by molar-refractivity contribution is 6.29. The maximum atomic E-state index is 12.5. The van der Waals surface area contributed by atoms with Crippen LogP contribution in [0.1, 0.15) is 28.9 Å². The monoisotopic (exact) mass is 304 g/mol. The Bertz CT molecular complexity index is 628. The zero-order valence-corrected chi connectivity index (χ0v) is 13.0. The van der Waals surface area contributed by atoms with E-state index in [0.717, 1.165) is 11.3 Å². The van der Waals surface area contributed by atoms with E-state index in [1.807, 2.05) is 31.2 Å². The molecule has 110 valence electrons. The number of para-hydroxylation sites is 1. The highest BCUT2D eigenvalue weighted by Crippen LogP contribution is 2.28. The van der Waals surface area contributed by atoms with Gasteiger partial charge in [0.2, 0.25) is 0 Å². The molecule has 0 saturated heterocycles. The van der Waals surface area contributed by atoms with E-state index < -0.39 is 0 Å². The Morgan fingerprint density at radius 3 is 2.62 bits per heavy atom. The van der Waals surface area contributed by atoms with Crippen LogP contribution in [0.15, 0.2) is 42.6 Å². The first-order chi connectivity index (χ1) is 10.0. The van der Waals surface area contributed by atoms with Crippen molar-refractivity contribution in [2.75, 3.05) is 14.2 Å². The van der Waals surface area contributed by atoms with E-state index in [4.69, 9.17) is 16.3 Å². The lowest BCUT2D eigenvalue weighted by molar-refractivity contribution is 0.0740. The van der Waals surface area contributed by atoms with Crippen molar-refractivity contribution in [1.29, 1.82) is 0 Å². The van der Waals surface area contributed by atoms with Gasteiger partial charge >= 0.3 is 0 Å². The van der Waals surface area contributed by atoms with Crippen LogP contribution in [-0.2, 0) is 0 Å². The number of halogens is 1. The van der Waals surface area contributed by atoms with Gasteiger partial charge in [-0.15, -0.1) is 0 Å². The topological polar surface area (TPSA) is 42.4 Å². The van der Waals surface area contributed by atoms with Crippen LogP contribution in [0.3, 0.4) is 0 Å². The average molecular weight is 305 g/mol. The van der Waals surface area contributed by atoms with Gasteiger partial charge in [-0.25, -0.2) is 4.98 Å². The summed E-state index contributed by atoms with van der Waals surface area (Å²) in [5.74, 6) is 0.649. The van der Waals surface area contributed by atoms with Crippen LogP contribution in [0.5, 0.6) is 5.75 Å². The number of hydrogen-bond donors (Lipinski definition) is 0. The van der Waals surface area contributed by atoms with Crippen molar-refractivity contribution in [2.24, 2.45) is 0 Å². The van der Waals surface area contributed by atoms with Gasteiger partial charge in [-0.3, -0.25) is 4.79 Å². The number of carbonyl (C=O) groups excluding carboxylic acids is 1. The molecule has 0 fully saturated rings. The van der Waals surface area contributed by atoms with Crippen LogP contribution < -0.4 is 4.74 Å². The van der Waals surface area contributed by atoms with Gasteiger partial charge in [0.15, 0.2) is 0 Å². The SMILES string of the molecule is COc1ccccc1C(C)N(C)C(=O)c1ccc(Cl)nc1. The number of amides is 1. The molecule has 1 aromatic carbocycles. The van der Waals surface area contributed by atoms with Crippen molar-refractivity contribution < 1.29 is 9.53 Å². The summed E-state index contributed by atoms with van der Waals surface area (Å²) < 4.78 is 5.35. The Kier molecular flexibility index (Phi) is 4.81. The molecule has 1 aromatic heterocycles. The minimum absolute atomic E-state index is 0.113. The van der Waals surface area contributed by atoms with E-state index in [1.165, 1.54) is 6.20 Å². The van der Waals surface area contributed by atoms with Gasteiger partial charge in [0.1, 0.15) is 10.9 Å².